The molecular weight excluding hydrogens is 613 g/mol. The van der Waals surface area contributed by atoms with E-state index in [9.17, 15) is 9.59 Å². The Balaban J connectivity index is 1.48. The predicted octanol–water partition coefficient (Wildman–Crippen LogP) is 6.25. The zero-order valence-corrected chi connectivity index (χ0v) is 22.8. The van der Waals surface area contributed by atoms with Crippen LogP contribution in [0.3, 0.4) is 0 Å². The summed E-state index contributed by atoms with van der Waals surface area (Å²) in [4.78, 5) is 29.8. The van der Waals surface area contributed by atoms with Crippen molar-refractivity contribution < 1.29 is 19.1 Å². The fourth-order valence-electron chi connectivity index (χ4n) is 3.19. The molecule has 1 heterocycles. The van der Waals surface area contributed by atoms with Gasteiger partial charge in [-0.05, 0) is 101 Å². The van der Waals surface area contributed by atoms with Crippen molar-refractivity contribution in [2.24, 2.45) is 4.99 Å². The largest absolute Gasteiger partial charge is 0.490 e. The van der Waals surface area contributed by atoms with Crippen LogP contribution in [0, 0.1) is 3.57 Å². The van der Waals surface area contributed by atoms with Crippen LogP contribution in [0.25, 0.3) is 6.08 Å². The van der Waals surface area contributed by atoms with Gasteiger partial charge in [-0.3, -0.25) is 9.59 Å². The van der Waals surface area contributed by atoms with E-state index in [0.29, 0.717) is 38.9 Å². The van der Waals surface area contributed by atoms with Crippen LogP contribution in [0.5, 0.6) is 11.5 Å². The summed E-state index contributed by atoms with van der Waals surface area (Å²) < 4.78 is 12.3. The standard InChI is InChI=1S/C26H21ClIN3O4S/c1-2-34-21-13-16(14-22-25(33)31-26(36-22)30-18-6-4-3-5-7-18)12-20(28)24(21)35-15-23(32)29-19-10-8-17(27)9-11-19/h3-14H,2,15H2,1H3,(H,29,32)(H,30,31,33)/b22-14-. The highest BCUT2D eigenvalue weighted by molar-refractivity contribution is 14.1. The minimum Gasteiger partial charge on any atom is -0.490 e. The second-order valence-corrected chi connectivity index (χ2v) is 10.1. The van der Waals surface area contributed by atoms with E-state index in [1.807, 2.05) is 43.3 Å². The van der Waals surface area contributed by atoms with Crippen molar-refractivity contribution in [2.75, 3.05) is 18.5 Å². The molecule has 36 heavy (non-hydrogen) atoms. The Morgan fingerprint density at radius 1 is 1.14 bits per heavy atom. The van der Waals surface area contributed by atoms with Gasteiger partial charge in [-0.15, -0.1) is 0 Å². The number of carbonyl (C=O) groups is 2. The highest BCUT2D eigenvalue weighted by atomic mass is 127. The number of amides is 2. The second kappa shape index (κ2) is 12.3. The van der Waals surface area contributed by atoms with Gasteiger partial charge in [0.1, 0.15) is 0 Å². The third kappa shape index (κ3) is 7.02. The Hall–Kier alpha value is -3.02. The lowest BCUT2D eigenvalue weighted by Crippen LogP contribution is -2.20. The average Bonchev–Trinajstić information content (AvgIpc) is 3.19. The van der Waals surface area contributed by atoms with Crippen LogP contribution in [0.1, 0.15) is 12.5 Å². The molecule has 2 N–H and O–H groups in total. The molecular formula is C26H21ClIN3O4S. The lowest BCUT2D eigenvalue weighted by molar-refractivity contribution is -0.118. The van der Waals surface area contributed by atoms with Gasteiger partial charge in [0, 0.05) is 10.7 Å². The summed E-state index contributed by atoms with van der Waals surface area (Å²) in [5.74, 6) is 0.408. The number of aliphatic imine (C=N–C) groups is 1. The number of hydrogen-bond acceptors (Lipinski definition) is 6. The quantitative estimate of drug-likeness (QED) is 0.226. The normalized spacial score (nSPS) is 15.1. The first kappa shape index (κ1) is 26.1. The number of amidine groups is 1. The highest BCUT2D eigenvalue weighted by Crippen LogP contribution is 2.36. The summed E-state index contributed by atoms with van der Waals surface area (Å²) in [5, 5.41) is 6.66. The first-order chi connectivity index (χ1) is 17.4. The summed E-state index contributed by atoms with van der Waals surface area (Å²) in [6, 6.07) is 19.9. The molecule has 1 fully saturated rings. The van der Waals surface area contributed by atoms with E-state index in [1.165, 1.54) is 11.8 Å². The summed E-state index contributed by atoms with van der Waals surface area (Å²) >= 11 is 9.28. The Labute approximate surface area is 231 Å². The van der Waals surface area contributed by atoms with Gasteiger partial charge in [-0.25, -0.2) is 4.99 Å². The highest BCUT2D eigenvalue weighted by Gasteiger charge is 2.24. The van der Waals surface area contributed by atoms with Crippen molar-refractivity contribution in [2.45, 2.75) is 6.92 Å². The Morgan fingerprint density at radius 2 is 1.89 bits per heavy atom. The topological polar surface area (TPSA) is 89.0 Å². The molecule has 0 saturated carbocycles. The van der Waals surface area contributed by atoms with Crippen LogP contribution < -0.4 is 20.1 Å². The molecule has 0 radical (unpaired) electrons. The zero-order chi connectivity index (χ0) is 25.5. The number of para-hydroxylation sites is 1. The van der Waals surface area contributed by atoms with E-state index in [-0.39, 0.29) is 18.4 Å². The smallest absolute Gasteiger partial charge is 0.264 e. The van der Waals surface area contributed by atoms with Gasteiger partial charge in [0.25, 0.3) is 11.8 Å². The minimum atomic E-state index is -0.314. The summed E-state index contributed by atoms with van der Waals surface area (Å²) in [6.07, 6.45) is 1.77. The Bertz CT molecular complexity index is 1330. The van der Waals surface area contributed by atoms with Crippen LogP contribution in [0.15, 0.2) is 76.6 Å². The van der Waals surface area contributed by atoms with E-state index >= 15 is 0 Å². The van der Waals surface area contributed by atoms with Crippen molar-refractivity contribution in [1.82, 2.24) is 5.32 Å². The molecule has 0 aliphatic carbocycles. The molecule has 10 heteroatoms. The number of hydrogen-bond donors (Lipinski definition) is 2. The molecule has 0 aromatic heterocycles. The number of benzene rings is 3. The molecule has 184 valence electrons. The maximum absolute atomic E-state index is 12.5. The third-order valence-electron chi connectivity index (χ3n) is 4.74. The maximum Gasteiger partial charge on any atom is 0.264 e. The number of carbonyl (C=O) groups excluding carboxylic acids is 2. The molecule has 1 aliphatic rings. The summed E-state index contributed by atoms with van der Waals surface area (Å²) in [5.41, 5.74) is 2.15. The minimum absolute atomic E-state index is 0.198. The van der Waals surface area contributed by atoms with Gasteiger partial charge in [-0.2, -0.15) is 0 Å². The van der Waals surface area contributed by atoms with Crippen molar-refractivity contribution in [3.8, 4) is 11.5 Å². The second-order valence-electron chi connectivity index (χ2n) is 7.42. The van der Waals surface area contributed by atoms with Gasteiger partial charge in [0.05, 0.1) is 20.8 Å². The lowest BCUT2D eigenvalue weighted by Gasteiger charge is -2.15. The molecule has 0 unspecified atom stereocenters. The number of halogens is 2. The monoisotopic (exact) mass is 633 g/mol. The van der Waals surface area contributed by atoms with E-state index in [4.69, 9.17) is 21.1 Å². The molecule has 1 aliphatic heterocycles. The molecule has 2 amide bonds. The maximum atomic E-state index is 12.5. The van der Waals surface area contributed by atoms with Crippen LogP contribution >= 0.6 is 46.0 Å². The Kier molecular flexibility index (Phi) is 8.89. The van der Waals surface area contributed by atoms with Crippen molar-refractivity contribution in [3.05, 3.63) is 85.8 Å². The predicted molar refractivity (Wildman–Crippen MR) is 153 cm³/mol. The van der Waals surface area contributed by atoms with Gasteiger partial charge < -0.3 is 20.1 Å². The summed E-state index contributed by atoms with van der Waals surface area (Å²) in [7, 11) is 0. The first-order valence-electron chi connectivity index (χ1n) is 10.9. The van der Waals surface area contributed by atoms with Crippen molar-refractivity contribution in [1.29, 1.82) is 0 Å². The van der Waals surface area contributed by atoms with Gasteiger partial charge in [0.2, 0.25) is 0 Å². The fraction of sp³-hybridized carbons (Fsp3) is 0.115. The van der Waals surface area contributed by atoms with E-state index in [2.05, 4.69) is 38.2 Å². The van der Waals surface area contributed by atoms with Crippen LogP contribution in [-0.4, -0.2) is 30.2 Å². The molecule has 0 spiro atoms. The first-order valence-corrected chi connectivity index (χ1v) is 13.2. The van der Waals surface area contributed by atoms with Crippen LogP contribution in [0.2, 0.25) is 5.02 Å². The molecule has 3 aromatic carbocycles. The van der Waals surface area contributed by atoms with E-state index in [1.54, 1.807) is 36.4 Å². The van der Waals surface area contributed by atoms with E-state index < -0.39 is 0 Å². The molecule has 4 rings (SSSR count). The number of rotatable bonds is 8. The molecule has 0 atom stereocenters. The lowest BCUT2D eigenvalue weighted by atomic mass is 10.2. The summed E-state index contributed by atoms with van der Waals surface area (Å²) in [6.45, 7) is 2.07. The molecule has 3 aromatic rings. The average molecular weight is 634 g/mol. The van der Waals surface area contributed by atoms with Gasteiger partial charge in [0.15, 0.2) is 23.3 Å². The number of anilines is 1. The third-order valence-corrected chi connectivity index (χ3v) is 6.71. The van der Waals surface area contributed by atoms with Crippen molar-refractivity contribution in [3.63, 3.8) is 0 Å². The zero-order valence-electron chi connectivity index (χ0n) is 19.1. The fourth-order valence-corrected chi connectivity index (χ4v) is 4.94. The Morgan fingerprint density at radius 3 is 2.61 bits per heavy atom. The van der Waals surface area contributed by atoms with Gasteiger partial charge >= 0.3 is 0 Å². The van der Waals surface area contributed by atoms with Crippen LogP contribution in [-0.2, 0) is 9.59 Å². The SMILES string of the molecule is CCOc1cc(/C=C2\SC(=Nc3ccccc3)NC2=O)cc(I)c1OCC(=O)Nc1ccc(Cl)cc1. The van der Waals surface area contributed by atoms with E-state index in [0.717, 1.165) is 14.8 Å². The number of nitrogens with zero attached hydrogens (tertiary/aromatic N) is 1. The number of thioether (sulfide) groups is 1. The van der Waals surface area contributed by atoms with Crippen molar-refractivity contribution >= 4 is 80.4 Å². The molecule has 0 bridgehead atoms. The van der Waals surface area contributed by atoms with Crippen LogP contribution in [0.4, 0.5) is 11.4 Å². The molecule has 1 saturated heterocycles. The number of ether oxygens (including phenoxy) is 2. The molecule has 7 nitrogen and oxygen atoms in total. The van der Waals surface area contributed by atoms with Gasteiger partial charge in [-0.1, -0.05) is 29.8 Å². The number of nitrogens with one attached hydrogen (secondary N) is 2.